The van der Waals surface area contributed by atoms with Crippen LogP contribution in [0.25, 0.3) is 16.9 Å². The van der Waals surface area contributed by atoms with Gasteiger partial charge in [0, 0.05) is 18.0 Å². The molecule has 0 spiro atoms. The lowest BCUT2D eigenvalue weighted by atomic mass is 10.1. The van der Waals surface area contributed by atoms with E-state index < -0.39 is 0 Å². The minimum atomic E-state index is -0.0237. The third kappa shape index (κ3) is 6.64. The molecule has 45 heavy (non-hydrogen) atoms. The van der Waals surface area contributed by atoms with Crippen molar-refractivity contribution >= 4 is 110 Å². The third-order valence-electron chi connectivity index (χ3n) is 6.20. The van der Waals surface area contributed by atoms with Crippen LogP contribution in [0, 0.1) is 0 Å². The van der Waals surface area contributed by atoms with Gasteiger partial charge in [-0.1, -0.05) is 98.9 Å². The number of benzene rings is 2. The average Bonchev–Trinajstić information content (AvgIpc) is 3.41. The third-order valence-corrected chi connectivity index (χ3v) is 9.09. The van der Waals surface area contributed by atoms with Gasteiger partial charge in [-0.25, -0.2) is 19.9 Å². The van der Waals surface area contributed by atoms with E-state index in [2.05, 4.69) is 9.97 Å². The van der Waals surface area contributed by atoms with Gasteiger partial charge in [0.1, 0.15) is 42.9 Å². The minimum Gasteiger partial charge on any atom is -0.454 e. The highest BCUT2D eigenvalue weighted by molar-refractivity contribution is 6.48. The van der Waals surface area contributed by atoms with Crippen LogP contribution in [0.2, 0.25) is 40.7 Å². The van der Waals surface area contributed by atoms with Gasteiger partial charge in [-0.2, -0.15) is 0 Å². The largest absolute Gasteiger partial charge is 0.454 e. The normalized spacial score (nSPS) is 11.5. The van der Waals surface area contributed by atoms with Crippen molar-refractivity contribution in [2.24, 2.45) is 4.99 Å². The zero-order chi connectivity index (χ0) is 31.8. The highest BCUT2D eigenvalue weighted by atomic mass is 35.5. The quantitative estimate of drug-likeness (QED) is 0.120. The average molecular weight is 759 g/mol. The van der Waals surface area contributed by atoms with Crippen molar-refractivity contribution in [3.05, 3.63) is 119 Å². The molecular formula is C30H13Cl8N5O2. The first-order chi connectivity index (χ1) is 21.6. The number of pyridine rings is 3. The van der Waals surface area contributed by atoms with Crippen LogP contribution in [0.4, 0.5) is 5.82 Å². The van der Waals surface area contributed by atoms with Gasteiger partial charge in [0.15, 0.2) is 37.9 Å². The number of rotatable bonds is 7. The van der Waals surface area contributed by atoms with E-state index in [-0.39, 0.29) is 52.2 Å². The molecule has 6 rings (SSSR count). The maximum atomic E-state index is 6.25. The first-order valence-electron chi connectivity index (χ1n) is 12.6. The fourth-order valence-electron chi connectivity index (χ4n) is 4.09. The summed E-state index contributed by atoms with van der Waals surface area (Å²) in [6.45, 7) is 0. The molecule has 0 N–H and O–H groups in total. The molecule has 0 fully saturated rings. The number of ether oxygens (including phenoxy) is 2. The monoisotopic (exact) mass is 755 g/mol. The van der Waals surface area contributed by atoms with Gasteiger partial charge in [0.25, 0.3) is 0 Å². The van der Waals surface area contributed by atoms with Crippen LogP contribution in [0.15, 0.2) is 77.9 Å². The first kappa shape index (κ1) is 32.0. The lowest BCUT2D eigenvalue weighted by molar-refractivity contribution is 0.482. The van der Waals surface area contributed by atoms with E-state index in [4.69, 9.17) is 112 Å². The molecule has 4 aromatic heterocycles. The molecule has 2 aromatic carbocycles. The summed E-state index contributed by atoms with van der Waals surface area (Å²) in [5.74, 6) is 1.71. The highest BCUT2D eigenvalue weighted by Gasteiger charge is 2.20. The molecule has 0 aliphatic carbocycles. The zero-order valence-electron chi connectivity index (χ0n) is 22.1. The molecule has 0 atom stereocenters. The Morgan fingerprint density at radius 3 is 1.58 bits per heavy atom. The van der Waals surface area contributed by atoms with Crippen molar-refractivity contribution in [3.63, 3.8) is 0 Å². The smallest absolute Gasteiger partial charge is 0.170 e. The fourth-order valence-corrected chi connectivity index (χ4v) is 5.66. The van der Waals surface area contributed by atoms with Crippen LogP contribution in [-0.2, 0) is 0 Å². The molecule has 0 aliphatic rings. The standard InChI is InChI=1S/C30H13Cl8N5O2/c31-19-24(20(32)27(36)41-26(19)35)44-16-8-4-14(5-9-16)13-39-30-23(40-18-3-1-2-12-43(18)30)15-6-10-17(11-7-15)45-25-21(33)28(37)42-29(38)22(25)34/h1-13H/b39-13+. The van der Waals surface area contributed by atoms with E-state index in [1.54, 1.807) is 30.5 Å². The fraction of sp³-hybridized carbons (Fsp3) is 0. The maximum Gasteiger partial charge on any atom is 0.170 e. The van der Waals surface area contributed by atoms with E-state index in [0.29, 0.717) is 28.7 Å². The minimum absolute atomic E-state index is 0.0202. The zero-order valence-corrected chi connectivity index (χ0v) is 28.1. The summed E-state index contributed by atoms with van der Waals surface area (Å²) in [6.07, 6.45) is 3.59. The van der Waals surface area contributed by atoms with Crippen LogP contribution in [0.3, 0.4) is 0 Å². The predicted octanol–water partition coefficient (Wildman–Crippen LogP) is 12.4. The summed E-state index contributed by atoms with van der Waals surface area (Å²) in [6, 6.07) is 19.9. The topological polar surface area (TPSA) is 73.9 Å². The van der Waals surface area contributed by atoms with Gasteiger partial charge in [-0.3, -0.25) is 4.40 Å². The Balaban J connectivity index is 1.27. The summed E-state index contributed by atoms with van der Waals surface area (Å²) < 4.78 is 13.6. The first-order valence-corrected chi connectivity index (χ1v) is 15.6. The van der Waals surface area contributed by atoms with Crippen LogP contribution in [-0.4, -0.2) is 25.6 Å². The number of hydrogen-bond donors (Lipinski definition) is 0. The molecule has 0 saturated carbocycles. The Hall–Kier alpha value is -2.98. The van der Waals surface area contributed by atoms with E-state index in [1.165, 1.54) is 0 Å². The number of aromatic nitrogens is 4. The van der Waals surface area contributed by atoms with Crippen molar-refractivity contribution in [2.45, 2.75) is 0 Å². The Bertz CT molecular complexity index is 2050. The lowest BCUT2D eigenvalue weighted by Gasteiger charge is -2.11. The molecule has 4 heterocycles. The van der Waals surface area contributed by atoms with Crippen LogP contribution < -0.4 is 9.47 Å². The van der Waals surface area contributed by atoms with E-state index in [1.807, 2.05) is 53.1 Å². The lowest BCUT2D eigenvalue weighted by Crippen LogP contribution is -1.92. The molecule has 226 valence electrons. The summed E-state index contributed by atoms with van der Waals surface area (Å²) in [4.78, 5) is 17.3. The second-order valence-corrected chi connectivity index (χ2v) is 12.0. The molecule has 0 bridgehead atoms. The Morgan fingerprint density at radius 2 is 1.07 bits per heavy atom. The van der Waals surface area contributed by atoms with Crippen molar-refractivity contribution in [1.29, 1.82) is 0 Å². The molecule has 0 aliphatic heterocycles. The molecule has 0 unspecified atom stereocenters. The summed E-state index contributed by atoms with van der Waals surface area (Å²) in [7, 11) is 0. The summed E-state index contributed by atoms with van der Waals surface area (Å²) in [5.41, 5.74) is 2.93. The predicted molar refractivity (Wildman–Crippen MR) is 183 cm³/mol. The van der Waals surface area contributed by atoms with E-state index >= 15 is 0 Å². The molecule has 6 aromatic rings. The second kappa shape index (κ2) is 13.4. The SMILES string of the molecule is Clc1nc(Cl)c(Cl)c(Oc2ccc(/C=N/c3c(-c4ccc(Oc5c(Cl)c(Cl)nc(Cl)c5Cl)cc4)nc4ccccn34)cc2)c1Cl. The molecule has 0 radical (unpaired) electrons. The van der Waals surface area contributed by atoms with Crippen LogP contribution in [0.5, 0.6) is 23.0 Å². The number of fused-ring (bicyclic) bond motifs is 1. The maximum absolute atomic E-state index is 6.25. The molecule has 7 nitrogen and oxygen atoms in total. The Kier molecular flexibility index (Phi) is 9.52. The molecule has 15 heteroatoms. The van der Waals surface area contributed by atoms with E-state index in [0.717, 1.165) is 11.1 Å². The summed E-state index contributed by atoms with van der Waals surface area (Å²) in [5, 5.41) is 0.108. The van der Waals surface area contributed by atoms with Gasteiger partial charge in [0.05, 0.1) is 0 Å². The van der Waals surface area contributed by atoms with Gasteiger partial charge in [-0.05, 0) is 66.2 Å². The van der Waals surface area contributed by atoms with Gasteiger partial charge < -0.3 is 9.47 Å². The van der Waals surface area contributed by atoms with Crippen molar-refractivity contribution < 1.29 is 9.47 Å². The number of nitrogens with zero attached hydrogens (tertiary/aromatic N) is 5. The molecular weight excluding hydrogens is 746 g/mol. The summed E-state index contributed by atoms with van der Waals surface area (Å²) >= 11 is 49.0. The van der Waals surface area contributed by atoms with Crippen molar-refractivity contribution in [2.75, 3.05) is 0 Å². The number of hydrogen-bond acceptors (Lipinski definition) is 6. The van der Waals surface area contributed by atoms with Gasteiger partial charge in [0.2, 0.25) is 0 Å². The van der Waals surface area contributed by atoms with Crippen molar-refractivity contribution in [1.82, 2.24) is 19.4 Å². The Labute approximate surface area is 295 Å². The second-order valence-electron chi connectivity index (χ2n) is 9.07. The highest BCUT2D eigenvalue weighted by Crippen LogP contribution is 2.44. The van der Waals surface area contributed by atoms with Gasteiger partial charge in [-0.15, -0.1) is 0 Å². The van der Waals surface area contributed by atoms with Crippen molar-refractivity contribution in [3.8, 4) is 34.3 Å². The number of halogens is 8. The Morgan fingerprint density at radius 1 is 0.578 bits per heavy atom. The molecule has 0 amide bonds. The number of imidazole rings is 1. The number of aliphatic imine (C=N–C) groups is 1. The van der Waals surface area contributed by atoms with E-state index in [9.17, 15) is 0 Å². The van der Waals surface area contributed by atoms with Crippen LogP contribution >= 0.6 is 92.8 Å². The van der Waals surface area contributed by atoms with Crippen LogP contribution in [0.1, 0.15) is 5.56 Å². The molecule has 0 saturated heterocycles. The van der Waals surface area contributed by atoms with Gasteiger partial charge >= 0.3 is 0 Å².